The second-order valence-corrected chi connectivity index (χ2v) is 6.19. The van der Waals surface area contributed by atoms with Crippen LogP contribution in [-0.4, -0.2) is 17.4 Å². The van der Waals surface area contributed by atoms with E-state index in [4.69, 9.17) is 0 Å². The van der Waals surface area contributed by atoms with E-state index >= 15 is 0 Å². The van der Waals surface area contributed by atoms with E-state index in [-0.39, 0.29) is 5.91 Å². The molecule has 0 radical (unpaired) electrons. The fraction of sp³-hybridized carbons (Fsp3) is 0.182. The third kappa shape index (κ3) is 4.28. The number of hydrogen-bond donors (Lipinski definition) is 1. The zero-order valence-corrected chi connectivity index (χ0v) is 15.1. The maximum absolute atomic E-state index is 13.0. The number of carbonyl (C=O) groups is 1. The van der Waals surface area contributed by atoms with Crippen molar-refractivity contribution in [3.8, 4) is 0 Å². The molecule has 1 aromatic heterocycles. The molecule has 0 aliphatic heterocycles. The number of pyridine rings is 1. The SMILES string of the molecule is CCN(C(=O)c1cncc(NCc2ccccc2)c1)c1cccc(C)c1. The first-order valence-electron chi connectivity index (χ1n) is 8.78. The third-order valence-electron chi connectivity index (χ3n) is 4.20. The van der Waals surface area contributed by atoms with E-state index in [2.05, 4.69) is 22.4 Å². The van der Waals surface area contributed by atoms with E-state index in [1.165, 1.54) is 5.56 Å². The van der Waals surface area contributed by atoms with Crippen molar-refractivity contribution < 1.29 is 4.79 Å². The van der Waals surface area contributed by atoms with E-state index < -0.39 is 0 Å². The van der Waals surface area contributed by atoms with Crippen molar-refractivity contribution in [3.05, 3.63) is 89.7 Å². The monoisotopic (exact) mass is 345 g/mol. The highest BCUT2D eigenvalue weighted by atomic mass is 16.2. The van der Waals surface area contributed by atoms with Gasteiger partial charge in [-0.1, -0.05) is 42.5 Å². The molecule has 1 N–H and O–H groups in total. The predicted octanol–water partition coefficient (Wildman–Crippen LogP) is 4.67. The summed E-state index contributed by atoms with van der Waals surface area (Å²) >= 11 is 0. The van der Waals surface area contributed by atoms with Crippen molar-refractivity contribution in [2.24, 2.45) is 0 Å². The fourth-order valence-corrected chi connectivity index (χ4v) is 2.85. The normalized spacial score (nSPS) is 10.4. The molecule has 4 nitrogen and oxygen atoms in total. The molecule has 0 fully saturated rings. The second-order valence-electron chi connectivity index (χ2n) is 6.19. The molecular weight excluding hydrogens is 322 g/mol. The highest BCUT2D eigenvalue weighted by molar-refractivity contribution is 6.06. The van der Waals surface area contributed by atoms with Crippen molar-refractivity contribution in [2.75, 3.05) is 16.8 Å². The number of benzene rings is 2. The van der Waals surface area contributed by atoms with Gasteiger partial charge in [-0.3, -0.25) is 9.78 Å². The number of aryl methyl sites for hydroxylation is 1. The van der Waals surface area contributed by atoms with Gasteiger partial charge in [-0.25, -0.2) is 0 Å². The van der Waals surface area contributed by atoms with Gasteiger partial charge in [0.25, 0.3) is 5.91 Å². The predicted molar refractivity (Wildman–Crippen MR) is 107 cm³/mol. The lowest BCUT2D eigenvalue weighted by atomic mass is 10.1. The van der Waals surface area contributed by atoms with E-state index in [1.807, 2.05) is 62.4 Å². The maximum atomic E-state index is 13.0. The van der Waals surface area contributed by atoms with Gasteiger partial charge in [-0.2, -0.15) is 0 Å². The summed E-state index contributed by atoms with van der Waals surface area (Å²) in [5, 5.41) is 3.33. The standard InChI is InChI=1S/C22H23N3O/c1-3-25(21-11-7-8-17(2)12-21)22(26)19-13-20(16-23-15-19)24-14-18-9-5-4-6-10-18/h4-13,15-16,24H,3,14H2,1-2H3. The minimum Gasteiger partial charge on any atom is -0.380 e. The van der Waals surface area contributed by atoms with E-state index in [0.717, 1.165) is 16.9 Å². The van der Waals surface area contributed by atoms with Crippen LogP contribution in [0.2, 0.25) is 0 Å². The van der Waals surface area contributed by atoms with Gasteiger partial charge in [-0.05, 0) is 43.2 Å². The van der Waals surface area contributed by atoms with Crippen molar-refractivity contribution >= 4 is 17.3 Å². The molecular formula is C22H23N3O. The maximum Gasteiger partial charge on any atom is 0.259 e. The number of nitrogens with one attached hydrogen (secondary N) is 1. The number of anilines is 2. The van der Waals surface area contributed by atoms with Gasteiger partial charge in [0.15, 0.2) is 0 Å². The molecule has 0 spiro atoms. The molecule has 0 atom stereocenters. The molecule has 3 aromatic rings. The van der Waals surface area contributed by atoms with Crippen molar-refractivity contribution in [3.63, 3.8) is 0 Å². The Morgan fingerprint density at radius 1 is 1.04 bits per heavy atom. The Kier molecular flexibility index (Phi) is 5.64. The summed E-state index contributed by atoms with van der Waals surface area (Å²) < 4.78 is 0. The van der Waals surface area contributed by atoms with Gasteiger partial charge in [-0.15, -0.1) is 0 Å². The molecule has 2 aromatic carbocycles. The summed E-state index contributed by atoms with van der Waals surface area (Å²) in [6, 6.07) is 20.0. The van der Waals surface area contributed by atoms with Gasteiger partial charge >= 0.3 is 0 Å². The topological polar surface area (TPSA) is 45.2 Å². The average Bonchev–Trinajstić information content (AvgIpc) is 2.68. The summed E-state index contributed by atoms with van der Waals surface area (Å²) in [5.41, 5.74) is 4.62. The Morgan fingerprint density at radius 3 is 2.58 bits per heavy atom. The largest absolute Gasteiger partial charge is 0.380 e. The van der Waals surface area contributed by atoms with Gasteiger partial charge in [0.2, 0.25) is 0 Å². The quantitative estimate of drug-likeness (QED) is 0.706. The zero-order valence-electron chi connectivity index (χ0n) is 15.1. The Bertz CT molecular complexity index is 877. The Hall–Kier alpha value is -3.14. The van der Waals surface area contributed by atoms with Crippen LogP contribution in [0, 0.1) is 6.92 Å². The minimum absolute atomic E-state index is 0.0473. The Morgan fingerprint density at radius 2 is 1.85 bits per heavy atom. The summed E-state index contributed by atoms with van der Waals surface area (Å²) in [5.74, 6) is -0.0473. The summed E-state index contributed by atoms with van der Waals surface area (Å²) in [7, 11) is 0. The van der Waals surface area contributed by atoms with Crippen LogP contribution in [-0.2, 0) is 6.54 Å². The molecule has 0 saturated heterocycles. The van der Waals surface area contributed by atoms with Crippen molar-refractivity contribution in [1.29, 1.82) is 0 Å². The molecule has 1 amide bonds. The number of carbonyl (C=O) groups excluding carboxylic acids is 1. The summed E-state index contributed by atoms with van der Waals surface area (Å²) in [6.45, 7) is 5.29. The molecule has 0 unspecified atom stereocenters. The van der Waals surface area contributed by atoms with Crippen molar-refractivity contribution in [2.45, 2.75) is 20.4 Å². The molecule has 1 heterocycles. The molecule has 26 heavy (non-hydrogen) atoms. The molecule has 4 heteroatoms. The summed E-state index contributed by atoms with van der Waals surface area (Å²) in [4.78, 5) is 19.0. The van der Waals surface area contributed by atoms with Crippen LogP contribution in [0.15, 0.2) is 73.1 Å². The van der Waals surface area contributed by atoms with Crippen LogP contribution in [0.4, 0.5) is 11.4 Å². The number of hydrogen-bond acceptors (Lipinski definition) is 3. The molecule has 0 aliphatic rings. The van der Waals surface area contributed by atoms with Crippen LogP contribution in [0.25, 0.3) is 0 Å². The molecule has 3 rings (SSSR count). The van der Waals surface area contributed by atoms with Gasteiger partial charge in [0.05, 0.1) is 11.3 Å². The highest BCUT2D eigenvalue weighted by Crippen LogP contribution is 2.19. The van der Waals surface area contributed by atoms with E-state index in [9.17, 15) is 4.79 Å². The number of amides is 1. The van der Waals surface area contributed by atoms with Crippen molar-refractivity contribution in [1.82, 2.24) is 4.98 Å². The average molecular weight is 345 g/mol. The lowest BCUT2D eigenvalue weighted by Gasteiger charge is -2.21. The first-order valence-corrected chi connectivity index (χ1v) is 8.78. The number of rotatable bonds is 6. The molecule has 0 saturated carbocycles. The smallest absolute Gasteiger partial charge is 0.259 e. The lowest BCUT2D eigenvalue weighted by molar-refractivity contribution is 0.0988. The van der Waals surface area contributed by atoms with E-state index in [1.54, 1.807) is 17.3 Å². The zero-order chi connectivity index (χ0) is 18.4. The Balaban J connectivity index is 1.76. The van der Waals surface area contributed by atoms with Gasteiger partial charge in [0.1, 0.15) is 0 Å². The minimum atomic E-state index is -0.0473. The first-order chi connectivity index (χ1) is 12.7. The highest BCUT2D eigenvalue weighted by Gasteiger charge is 2.17. The summed E-state index contributed by atoms with van der Waals surface area (Å²) in [6.07, 6.45) is 3.36. The molecule has 132 valence electrons. The second kappa shape index (κ2) is 8.30. The van der Waals surface area contributed by atoms with E-state index in [0.29, 0.717) is 18.7 Å². The number of nitrogens with zero attached hydrogens (tertiary/aromatic N) is 2. The van der Waals surface area contributed by atoms with Crippen LogP contribution in [0.3, 0.4) is 0 Å². The fourth-order valence-electron chi connectivity index (χ4n) is 2.85. The van der Waals surface area contributed by atoms with Gasteiger partial charge in [0, 0.05) is 31.2 Å². The lowest BCUT2D eigenvalue weighted by Crippen LogP contribution is -2.30. The van der Waals surface area contributed by atoms with Gasteiger partial charge < -0.3 is 10.2 Å². The van der Waals surface area contributed by atoms with Crippen LogP contribution in [0.5, 0.6) is 0 Å². The molecule has 0 bridgehead atoms. The first kappa shape index (κ1) is 17.7. The molecule has 0 aliphatic carbocycles. The number of aromatic nitrogens is 1. The third-order valence-corrected chi connectivity index (χ3v) is 4.20. The van der Waals surface area contributed by atoms with Crippen LogP contribution in [0.1, 0.15) is 28.4 Å². The van der Waals surface area contributed by atoms with Crippen LogP contribution >= 0.6 is 0 Å². The van der Waals surface area contributed by atoms with Crippen LogP contribution < -0.4 is 10.2 Å². The Labute approximate surface area is 154 Å².